The van der Waals surface area contributed by atoms with Gasteiger partial charge in [0.25, 0.3) is 0 Å². The van der Waals surface area contributed by atoms with Crippen molar-refractivity contribution < 1.29 is 9.84 Å². The topological polar surface area (TPSA) is 29.5 Å². The lowest BCUT2D eigenvalue weighted by atomic mass is 9.93. The second kappa shape index (κ2) is 6.54. The molecule has 1 rings (SSSR count). The van der Waals surface area contributed by atoms with Gasteiger partial charge in [-0.05, 0) is 31.0 Å². The average molecular weight is 222 g/mol. The second-order valence-electron chi connectivity index (χ2n) is 4.15. The van der Waals surface area contributed by atoms with E-state index < -0.39 is 0 Å². The molecular weight excluding hydrogens is 200 g/mol. The van der Waals surface area contributed by atoms with Gasteiger partial charge in [-0.2, -0.15) is 0 Å². The zero-order valence-corrected chi connectivity index (χ0v) is 10.4. The molecule has 0 amide bonds. The minimum Gasteiger partial charge on any atom is -0.494 e. The van der Waals surface area contributed by atoms with E-state index in [2.05, 4.69) is 13.8 Å². The van der Waals surface area contributed by atoms with Gasteiger partial charge in [-0.3, -0.25) is 0 Å². The molecule has 0 saturated heterocycles. The lowest BCUT2D eigenvalue weighted by Gasteiger charge is -2.18. The summed E-state index contributed by atoms with van der Waals surface area (Å²) in [5, 5.41) is 9.91. The fraction of sp³-hybridized carbons (Fsp3) is 0.571. The van der Waals surface area contributed by atoms with Gasteiger partial charge in [-0.1, -0.05) is 32.4 Å². The first-order chi connectivity index (χ1) is 7.69. The number of ether oxygens (including phenoxy) is 1. The second-order valence-corrected chi connectivity index (χ2v) is 4.15. The van der Waals surface area contributed by atoms with Crippen LogP contribution in [0.2, 0.25) is 0 Å². The predicted molar refractivity (Wildman–Crippen MR) is 66.9 cm³/mol. The van der Waals surface area contributed by atoms with Gasteiger partial charge in [0.2, 0.25) is 0 Å². The summed E-state index contributed by atoms with van der Waals surface area (Å²) in [6.07, 6.45) is 1.62. The van der Waals surface area contributed by atoms with E-state index >= 15 is 0 Å². The van der Waals surface area contributed by atoms with E-state index in [-0.39, 0.29) is 12.0 Å². The minimum absolute atomic E-state index is 0.190. The molecule has 1 N–H and O–H groups in total. The number of rotatable bonds is 6. The van der Waals surface area contributed by atoms with Crippen molar-refractivity contribution >= 4 is 0 Å². The Morgan fingerprint density at radius 3 is 2.31 bits per heavy atom. The smallest absolute Gasteiger partial charge is 0.119 e. The number of hydrogen-bond acceptors (Lipinski definition) is 2. The first kappa shape index (κ1) is 13.0. The highest BCUT2D eigenvalue weighted by molar-refractivity contribution is 5.29. The highest BCUT2D eigenvalue weighted by Gasteiger charge is 2.14. The van der Waals surface area contributed by atoms with E-state index in [9.17, 15) is 5.11 Å². The summed E-state index contributed by atoms with van der Waals surface area (Å²) < 4.78 is 5.39. The van der Waals surface area contributed by atoms with Gasteiger partial charge >= 0.3 is 0 Å². The molecule has 0 radical (unpaired) electrons. The number of aliphatic hydroxyl groups is 1. The molecule has 90 valence electrons. The van der Waals surface area contributed by atoms with Crippen LogP contribution < -0.4 is 4.74 Å². The Kier molecular flexibility index (Phi) is 5.33. The summed E-state index contributed by atoms with van der Waals surface area (Å²) in [6, 6.07) is 8.01. The molecule has 0 bridgehead atoms. The molecule has 0 saturated carbocycles. The molecule has 1 aromatic carbocycles. The maximum Gasteiger partial charge on any atom is 0.119 e. The minimum atomic E-state index is -0.247. The van der Waals surface area contributed by atoms with Crippen molar-refractivity contribution in [2.45, 2.75) is 45.6 Å². The molecule has 0 aliphatic carbocycles. The zero-order chi connectivity index (χ0) is 12.0. The van der Waals surface area contributed by atoms with Gasteiger partial charge in [0.1, 0.15) is 5.75 Å². The Morgan fingerprint density at radius 2 is 1.81 bits per heavy atom. The van der Waals surface area contributed by atoms with Crippen LogP contribution in [0.4, 0.5) is 0 Å². The number of aliphatic hydroxyl groups excluding tert-OH is 1. The van der Waals surface area contributed by atoms with Gasteiger partial charge in [-0.25, -0.2) is 0 Å². The molecule has 1 aromatic rings. The largest absolute Gasteiger partial charge is 0.494 e. The molecule has 0 aliphatic rings. The van der Waals surface area contributed by atoms with Gasteiger partial charge < -0.3 is 9.84 Å². The summed E-state index contributed by atoms with van der Waals surface area (Å²) in [6.45, 7) is 6.82. The SMILES string of the molecule is CCCC(O)C(C)c1ccc(OCC)cc1. The Labute approximate surface area is 98.3 Å². The summed E-state index contributed by atoms with van der Waals surface area (Å²) in [4.78, 5) is 0. The van der Waals surface area contributed by atoms with Crippen LogP contribution in [0.5, 0.6) is 5.75 Å². The fourth-order valence-corrected chi connectivity index (χ4v) is 1.80. The number of benzene rings is 1. The van der Waals surface area contributed by atoms with Crippen molar-refractivity contribution in [2.24, 2.45) is 0 Å². The van der Waals surface area contributed by atoms with E-state index in [4.69, 9.17) is 4.74 Å². The van der Waals surface area contributed by atoms with Gasteiger partial charge in [0, 0.05) is 5.92 Å². The van der Waals surface area contributed by atoms with Crippen LogP contribution in [-0.4, -0.2) is 17.8 Å². The zero-order valence-electron chi connectivity index (χ0n) is 10.4. The summed E-state index contributed by atoms with van der Waals surface area (Å²) in [5.41, 5.74) is 1.17. The number of hydrogen-bond donors (Lipinski definition) is 1. The van der Waals surface area contributed by atoms with Crippen LogP contribution in [0.25, 0.3) is 0 Å². The van der Waals surface area contributed by atoms with E-state index in [0.717, 1.165) is 18.6 Å². The molecule has 0 fully saturated rings. The lowest BCUT2D eigenvalue weighted by Crippen LogP contribution is -2.15. The highest BCUT2D eigenvalue weighted by Crippen LogP contribution is 2.24. The van der Waals surface area contributed by atoms with E-state index in [1.165, 1.54) is 5.56 Å². The van der Waals surface area contributed by atoms with Crippen molar-refractivity contribution in [3.8, 4) is 5.75 Å². The first-order valence-electron chi connectivity index (χ1n) is 6.09. The average Bonchev–Trinajstić information content (AvgIpc) is 2.30. The Balaban J connectivity index is 2.65. The van der Waals surface area contributed by atoms with Crippen molar-refractivity contribution in [2.75, 3.05) is 6.61 Å². The maximum atomic E-state index is 9.91. The molecule has 16 heavy (non-hydrogen) atoms. The van der Waals surface area contributed by atoms with Gasteiger partial charge in [0.15, 0.2) is 0 Å². The van der Waals surface area contributed by atoms with E-state index in [1.807, 2.05) is 31.2 Å². The van der Waals surface area contributed by atoms with Crippen molar-refractivity contribution in [1.82, 2.24) is 0 Å². The molecule has 0 heterocycles. The van der Waals surface area contributed by atoms with Crippen LogP contribution in [0, 0.1) is 0 Å². The summed E-state index contributed by atoms with van der Waals surface area (Å²) >= 11 is 0. The summed E-state index contributed by atoms with van der Waals surface area (Å²) in [7, 11) is 0. The Hall–Kier alpha value is -1.02. The molecule has 0 spiro atoms. The third-order valence-corrected chi connectivity index (χ3v) is 2.88. The predicted octanol–water partition coefficient (Wildman–Crippen LogP) is 3.35. The van der Waals surface area contributed by atoms with E-state index in [1.54, 1.807) is 0 Å². The third kappa shape index (κ3) is 3.53. The molecule has 0 aliphatic heterocycles. The molecule has 2 atom stereocenters. The Morgan fingerprint density at radius 1 is 1.19 bits per heavy atom. The van der Waals surface area contributed by atoms with Crippen LogP contribution in [0.1, 0.15) is 45.1 Å². The van der Waals surface area contributed by atoms with Crippen molar-refractivity contribution in [3.63, 3.8) is 0 Å². The monoisotopic (exact) mass is 222 g/mol. The lowest BCUT2D eigenvalue weighted by molar-refractivity contribution is 0.138. The van der Waals surface area contributed by atoms with Crippen LogP contribution in [0.3, 0.4) is 0 Å². The quantitative estimate of drug-likeness (QED) is 0.799. The first-order valence-corrected chi connectivity index (χ1v) is 6.09. The normalized spacial score (nSPS) is 14.5. The van der Waals surface area contributed by atoms with Crippen molar-refractivity contribution in [1.29, 1.82) is 0 Å². The van der Waals surface area contributed by atoms with Crippen LogP contribution in [0.15, 0.2) is 24.3 Å². The van der Waals surface area contributed by atoms with E-state index in [0.29, 0.717) is 6.61 Å². The highest BCUT2D eigenvalue weighted by atomic mass is 16.5. The van der Waals surface area contributed by atoms with Gasteiger partial charge in [-0.15, -0.1) is 0 Å². The fourth-order valence-electron chi connectivity index (χ4n) is 1.80. The van der Waals surface area contributed by atoms with Crippen LogP contribution >= 0.6 is 0 Å². The maximum absolute atomic E-state index is 9.91. The van der Waals surface area contributed by atoms with Crippen molar-refractivity contribution in [3.05, 3.63) is 29.8 Å². The molecule has 2 unspecified atom stereocenters. The molecule has 2 heteroatoms. The standard InChI is InChI=1S/C14H22O2/c1-4-6-14(15)11(3)12-7-9-13(10-8-12)16-5-2/h7-11,14-15H,4-6H2,1-3H3. The van der Waals surface area contributed by atoms with Gasteiger partial charge in [0.05, 0.1) is 12.7 Å². The Bertz CT molecular complexity index is 292. The third-order valence-electron chi connectivity index (χ3n) is 2.88. The summed E-state index contributed by atoms with van der Waals surface area (Å²) in [5.74, 6) is 1.08. The molecule has 0 aromatic heterocycles. The molecular formula is C14H22O2. The molecule has 2 nitrogen and oxygen atoms in total. The van der Waals surface area contributed by atoms with Crippen LogP contribution in [-0.2, 0) is 0 Å².